The monoisotopic (exact) mass is 247 g/mol. The molecular formula is C13H13NO4. The standard InChI is InChI=1S/C13H13NO4/c15-10-2-1-5-14(13(10)16)9-3-4-11-12(8-9)18-7-6-17-11/h3-4,8H,1-2,5-7H2. The summed E-state index contributed by atoms with van der Waals surface area (Å²) < 4.78 is 10.9. The number of rotatable bonds is 1. The predicted molar refractivity (Wildman–Crippen MR) is 64.0 cm³/mol. The van der Waals surface area contributed by atoms with E-state index in [2.05, 4.69) is 0 Å². The quantitative estimate of drug-likeness (QED) is 0.699. The summed E-state index contributed by atoms with van der Waals surface area (Å²) in [6.45, 7) is 1.61. The number of anilines is 1. The van der Waals surface area contributed by atoms with Gasteiger partial charge in [-0.2, -0.15) is 0 Å². The lowest BCUT2D eigenvalue weighted by molar-refractivity contribution is -0.137. The molecular weight excluding hydrogens is 234 g/mol. The fourth-order valence-electron chi connectivity index (χ4n) is 2.20. The van der Waals surface area contributed by atoms with Crippen LogP contribution in [-0.4, -0.2) is 31.4 Å². The Morgan fingerprint density at radius 2 is 1.83 bits per heavy atom. The van der Waals surface area contributed by atoms with E-state index in [0.29, 0.717) is 49.8 Å². The molecule has 3 rings (SSSR count). The highest BCUT2D eigenvalue weighted by Gasteiger charge is 2.28. The van der Waals surface area contributed by atoms with Gasteiger partial charge < -0.3 is 14.4 Å². The van der Waals surface area contributed by atoms with Gasteiger partial charge in [0.25, 0.3) is 5.91 Å². The average molecular weight is 247 g/mol. The van der Waals surface area contributed by atoms with E-state index in [9.17, 15) is 9.59 Å². The molecule has 2 aliphatic rings. The summed E-state index contributed by atoms with van der Waals surface area (Å²) in [6, 6.07) is 5.31. The Bertz CT molecular complexity index is 512. The van der Waals surface area contributed by atoms with Gasteiger partial charge in [0, 0.05) is 24.7 Å². The maximum Gasteiger partial charge on any atom is 0.294 e. The molecule has 1 aromatic rings. The van der Waals surface area contributed by atoms with Crippen LogP contribution in [-0.2, 0) is 9.59 Å². The molecule has 0 aromatic heterocycles. The summed E-state index contributed by atoms with van der Waals surface area (Å²) in [6.07, 6.45) is 1.05. The van der Waals surface area contributed by atoms with E-state index in [1.807, 2.05) is 0 Å². The maximum atomic E-state index is 11.8. The van der Waals surface area contributed by atoms with E-state index in [4.69, 9.17) is 9.47 Å². The van der Waals surface area contributed by atoms with Gasteiger partial charge in [0.15, 0.2) is 11.5 Å². The normalized spacial score (nSPS) is 19.0. The highest BCUT2D eigenvalue weighted by Crippen LogP contribution is 2.34. The van der Waals surface area contributed by atoms with Gasteiger partial charge in [0.05, 0.1) is 0 Å². The van der Waals surface area contributed by atoms with Crippen LogP contribution in [0.1, 0.15) is 12.8 Å². The fraction of sp³-hybridized carbons (Fsp3) is 0.385. The molecule has 0 radical (unpaired) electrons. The number of ketones is 1. The second kappa shape index (κ2) is 4.33. The Labute approximate surface area is 104 Å². The van der Waals surface area contributed by atoms with Crippen LogP contribution < -0.4 is 14.4 Å². The Kier molecular flexibility index (Phi) is 2.66. The van der Waals surface area contributed by atoms with Crippen LogP contribution in [0, 0.1) is 0 Å². The number of hydrogen-bond acceptors (Lipinski definition) is 4. The molecule has 0 N–H and O–H groups in total. The number of amides is 1. The molecule has 0 aliphatic carbocycles. The fourth-order valence-corrected chi connectivity index (χ4v) is 2.20. The van der Waals surface area contributed by atoms with Crippen molar-refractivity contribution in [1.29, 1.82) is 0 Å². The van der Waals surface area contributed by atoms with Crippen molar-refractivity contribution < 1.29 is 19.1 Å². The van der Waals surface area contributed by atoms with Crippen molar-refractivity contribution in [2.24, 2.45) is 0 Å². The minimum absolute atomic E-state index is 0.323. The summed E-state index contributed by atoms with van der Waals surface area (Å²) in [7, 11) is 0. The summed E-state index contributed by atoms with van der Waals surface area (Å²) in [5.74, 6) is 0.555. The molecule has 94 valence electrons. The second-order valence-corrected chi connectivity index (χ2v) is 4.31. The summed E-state index contributed by atoms with van der Waals surface area (Å²) >= 11 is 0. The number of Topliss-reactive ketones (excluding diaryl/α,β-unsaturated/α-hetero) is 1. The van der Waals surface area contributed by atoms with E-state index in [-0.39, 0.29) is 5.78 Å². The van der Waals surface area contributed by atoms with Gasteiger partial charge in [-0.15, -0.1) is 0 Å². The first kappa shape index (κ1) is 11.1. The minimum Gasteiger partial charge on any atom is -0.486 e. The molecule has 5 heteroatoms. The van der Waals surface area contributed by atoms with E-state index < -0.39 is 5.91 Å². The van der Waals surface area contributed by atoms with Gasteiger partial charge in [-0.1, -0.05) is 0 Å². The van der Waals surface area contributed by atoms with Crippen molar-refractivity contribution in [2.75, 3.05) is 24.7 Å². The topological polar surface area (TPSA) is 55.8 Å². The van der Waals surface area contributed by atoms with Crippen molar-refractivity contribution in [3.05, 3.63) is 18.2 Å². The molecule has 1 fully saturated rings. The lowest BCUT2D eigenvalue weighted by Crippen LogP contribution is -2.41. The second-order valence-electron chi connectivity index (χ2n) is 4.31. The van der Waals surface area contributed by atoms with Crippen molar-refractivity contribution in [3.8, 4) is 11.5 Å². The molecule has 0 bridgehead atoms. The Morgan fingerprint density at radius 3 is 2.67 bits per heavy atom. The van der Waals surface area contributed by atoms with Crippen LogP contribution in [0.3, 0.4) is 0 Å². The molecule has 1 saturated heterocycles. The SMILES string of the molecule is O=C1CCCN(c2ccc3c(c2)OCCO3)C1=O. The number of carbonyl (C=O) groups excluding carboxylic acids is 2. The zero-order valence-electron chi connectivity index (χ0n) is 9.85. The van der Waals surface area contributed by atoms with E-state index in [1.54, 1.807) is 18.2 Å². The number of ether oxygens (including phenoxy) is 2. The number of piperidine rings is 1. The van der Waals surface area contributed by atoms with Crippen LogP contribution in [0.2, 0.25) is 0 Å². The van der Waals surface area contributed by atoms with Gasteiger partial charge >= 0.3 is 0 Å². The number of hydrogen-bond donors (Lipinski definition) is 0. The predicted octanol–water partition coefficient (Wildman–Crippen LogP) is 1.15. The molecule has 0 unspecified atom stereocenters. The van der Waals surface area contributed by atoms with Crippen LogP contribution in [0.25, 0.3) is 0 Å². The van der Waals surface area contributed by atoms with Crippen LogP contribution in [0.5, 0.6) is 11.5 Å². The minimum atomic E-state index is -0.432. The molecule has 5 nitrogen and oxygen atoms in total. The number of fused-ring (bicyclic) bond motifs is 1. The van der Waals surface area contributed by atoms with Gasteiger partial charge in [-0.05, 0) is 18.6 Å². The number of carbonyl (C=O) groups is 2. The van der Waals surface area contributed by atoms with Crippen molar-refractivity contribution in [1.82, 2.24) is 0 Å². The molecule has 0 spiro atoms. The van der Waals surface area contributed by atoms with Crippen molar-refractivity contribution in [2.45, 2.75) is 12.8 Å². The zero-order valence-corrected chi connectivity index (χ0v) is 9.85. The van der Waals surface area contributed by atoms with Crippen LogP contribution in [0.15, 0.2) is 18.2 Å². The van der Waals surface area contributed by atoms with E-state index in [1.165, 1.54) is 4.90 Å². The van der Waals surface area contributed by atoms with Crippen molar-refractivity contribution in [3.63, 3.8) is 0 Å². The van der Waals surface area contributed by atoms with Crippen LogP contribution in [0.4, 0.5) is 5.69 Å². The first-order valence-corrected chi connectivity index (χ1v) is 6.00. The molecule has 1 aromatic carbocycles. The van der Waals surface area contributed by atoms with Gasteiger partial charge in [0.1, 0.15) is 13.2 Å². The summed E-state index contributed by atoms with van der Waals surface area (Å²) in [5.41, 5.74) is 0.692. The number of nitrogens with zero attached hydrogens (tertiary/aromatic N) is 1. The van der Waals surface area contributed by atoms with Crippen LogP contribution >= 0.6 is 0 Å². The lowest BCUT2D eigenvalue weighted by Gasteiger charge is -2.27. The average Bonchev–Trinajstić information content (AvgIpc) is 2.41. The smallest absolute Gasteiger partial charge is 0.294 e. The molecule has 1 amide bonds. The summed E-state index contributed by atoms with van der Waals surface area (Å²) in [5, 5.41) is 0. The van der Waals surface area contributed by atoms with E-state index >= 15 is 0 Å². The Morgan fingerprint density at radius 1 is 1.06 bits per heavy atom. The first-order valence-electron chi connectivity index (χ1n) is 6.00. The van der Waals surface area contributed by atoms with E-state index in [0.717, 1.165) is 0 Å². The molecule has 0 saturated carbocycles. The van der Waals surface area contributed by atoms with Gasteiger partial charge in [0.2, 0.25) is 5.78 Å². The number of benzene rings is 1. The molecule has 2 aliphatic heterocycles. The molecule has 0 atom stereocenters. The first-order chi connectivity index (χ1) is 8.75. The molecule has 18 heavy (non-hydrogen) atoms. The van der Waals surface area contributed by atoms with Gasteiger partial charge in [-0.3, -0.25) is 9.59 Å². The zero-order chi connectivity index (χ0) is 12.5. The third kappa shape index (κ3) is 1.81. The lowest BCUT2D eigenvalue weighted by atomic mass is 10.1. The summed E-state index contributed by atoms with van der Waals surface area (Å²) in [4.78, 5) is 24.7. The Hall–Kier alpha value is -2.04. The maximum absolute atomic E-state index is 11.8. The highest BCUT2D eigenvalue weighted by atomic mass is 16.6. The largest absolute Gasteiger partial charge is 0.486 e. The van der Waals surface area contributed by atoms with Crippen molar-refractivity contribution >= 4 is 17.4 Å². The molecule has 2 heterocycles. The third-order valence-corrected chi connectivity index (χ3v) is 3.11. The Balaban J connectivity index is 1.92. The van der Waals surface area contributed by atoms with Gasteiger partial charge in [-0.25, -0.2) is 0 Å². The highest BCUT2D eigenvalue weighted by molar-refractivity contribution is 6.41. The third-order valence-electron chi connectivity index (χ3n) is 3.11.